The molecule has 34 heavy (non-hydrogen) atoms. The molecule has 0 amide bonds. The molecular weight excluding hydrogens is 469 g/mol. The largest absolute Gasteiger partial charge is 0.462 e. The van der Waals surface area contributed by atoms with Crippen LogP contribution in [0.5, 0.6) is 5.75 Å². The van der Waals surface area contributed by atoms with Crippen LogP contribution in [0, 0.1) is 0 Å². The van der Waals surface area contributed by atoms with Gasteiger partial charge >= 0.3 is 19.4 Å². The van der Waals surface area contributed by atoms with E-state index in [4.69, 9.17) is 24.3 Å². The zero-order valence-electron chi connectivity index (χ0n) is 18.9. The molecule has 1 aliphatic heterocycles. The van der Waals surface area contributed by atoms with Gasteiger partial charge in [0.2, 0.25) is 5.95 Å². The van der Waals surface area contributed by atoms with Crippen molar-refractivity contribution in [3.63, 3.8) is 0 Å². The van der Waals surface area contributed by atoms with Gasteiger partial charge in [-0.15, -0.1) is 0 Å². The fourth-order valence-corrected chi connectivity index (χ4v) is 4.60. The molecule has 13 nitrogen and oxygen atoms in total. The third-order valence-corrected chi connectivity index (χ3v) is 6.34. The number of nitrogens with zero attached hydrogens (tertiary/aromatic N) is 3. The number of para-hydroxylation sites is 1. The summed E-state index contributed by atoms with van der Waals surface area (Å²) >= 11 is 0. The summed E-state index contributed by atoms with van der Waals surface area (Å²) in [7, 11) is -4.13. The number of aromatic nitrogens is 3. The van der Waals surface area contributed by atoms with Crippen LogP contribution in [-0.2, 0) is 23.4 Å². The van der Waals surface area contributed by atoms with E-state index in [1.807, 2.05) is 0 Å². The molecular formula is C20H28N5O8P. The highest BCUT2D eigenvalue weighted by atomic mass is 31.2. The van der Waals surface area contributed by atoms with E-state index in [-0.39, 0.29) is 30.8 Å². The number of carbonyl (C=O) groups is 1. The van der Waals surface area contributed by atoms with Gasteiger partial charge in [-0.2, -0.15) is 10.1 Å². The van der Waals surface area contributed by atoms with Crippen molar-refractivity contribution in [1.82, 2.24) is 19.6 Å². The quantitative estimate of drug-likeness (QED) is 0.314. The van der Waals surface area contributed by atoms with Gasteiger partial charge in [-0.3, -0.25) is 13.9 Å². The lowest BCUT2D eigenvalue weighted by molar-refractivity contribution is -0.149. The standard InChI is InChI=1S/C20H28N5O8P/c1-12(2)31-18(27)13(3)24-34(29,33-14-7-5-4-6-8-14)30-10-16-15(26)9-17(32-16)25-11-22-19(21)23-20(25)28/h4-8,11-13,15-17,26H,9-10H2,1-3H3,(H,24,29)(H2,21,23,28). The molecule has 186 valence electrons. The maximum absolute atomic E-state index is 13.5. The highest BCUT2D eigenvalue weighted by molar-refractivity contribution is 7.52. The van der Waals surface area contributed by atoms with E-state index in [1.165, 1.54) is 6.92 Å². The molecule has 0 aliphatic carbocycles. The highest BCUT2D eigenvalue weighted by Gasteiger charge is 2.39. The Morgan fingerprint density at radius 1 is 1.35 bits per heavy atom. The molecule has 4 N–H and O–H groups in total. The van der Waals surface area contributed by atoms with E-state index in [0.717, 1.165) is 10.9 Å². The molecule has 1 aliphatic rings. The topological polar surface area (TPSA) is 177 Å². The van der Waals surface area contributed by atoms with Crippen LogP contribution in [0.2, 0.25) is 0 Å². The number of nitrogen functional groups attached to an aromatic ring is 1. The Kier molecular flexibility index (Phi) is 8.39. The third-order valence-electron chi connectivity index (χ3n) is 4.69. The molecule has 5 unspecified atom stereocenters. The summed E-state index contributed by atoms with van der Waals surface area (Å²) in [5, 5.41) is 13.0. The number of nitrogens with one attached hydrogen (secondary N) is 1. The number of nitrogens with two attached hydrogens (primary N) is 1. The Morgan fingerprint density at radius 2 is 2.06 bits per heavy atom. The number of aliphatic hydroxyl groups excluding tert-OH is 1. The van der Waals surface area contributed by atoms with E-state index in [2.05, 4.69) is 15.1 Å². The van der Waals surface area contributed by atoms with Gasteiger partial charge in [-0.1, -0.05) is 18.2 Å². The third kappa shape index (κ3) is 6.84. The first-order valence-corrected chi connectivity index (χ1v) is 12.1. The second kappa shape index (κ2) is 11.1. The van der Waals surface area contributed by atoms with Gasteiger partial charge in [-0.05, 0) is 32.9 Å². The number of anilines is 1. The maximum Gasteiger partial charge on any atom is 0.459 e. The molecule has 0 radical (unpaired) electrons. The summed E-state index contributed by atoms with van der Waals surface area (Å²) in [6.45, 7) is 4.46. The summed E-state index contributed by atoms with van der Waals surface area (Å²) < 4.78 is 36.5. The number of aliphatic hydroxyl groups is 1. The lowest BCUT2D eigenvalue weighted by Crippen LogP contribution is -2.37. The molecule has 5 atom stereocenters. The first-order valence-electron chi connectivity index (χ1n) is 10.6. The molecule has 1 aromatic heterocycles. The number of ether oxygens (including phenoxy) is 2. The monoisotopic (exact) mass is 497 g/mol. The van der Waals surface area contributed by atoms with Gasteiger partial charge in [0, 0.05) is 6.42 Å². The van der Waals surface area contributed by atoms with Crippen molar-refractivity contribution in [1.29, 1.82) is 0 Å². The molecule has 2 heterocycles. The normalized spacial score (nSPS) is 22.8. The Balaban J connectivity index is 1.71. The number of esters is 1. The molecule has 3 rings (SSSR count). The zero-order valence-corrected chi connectivity index (χ0v) is 19.8. The molecule has 14 heteroatoms. The predicted octanol–water partition coefficient (Wildman–Crippen LogP) is 1.00. The predicted molar refractivity (Wildman–Crippen MR) is 120 cm³/mol. The van der Waals surface area contributed by atoms with Crippen LogP contribution in [0.4, 0.5) is 5.95 Å². The lowest BCUT2D eigenvalue weighted by atomic mass is 10.2. The van der Waals surface area contributed by atoms with E-state index in [1.54, 1.807) is 44.2 Å². The van der Waals surface area contributed by atoms with Crippen LogP contribution < -0.4 is 21.0 Å². The number of rotatable bonds is 10. The van der Waals surface area contributed by atoms with E-state index in [0.29, 0.717) is 0 Å². The Bertz CT molecular complexity index is 1080. The van der Waals surface area contributed by atoms with Gasteiger partial charge in [-0.25, -0.2) is 14.3 Å². The highest BCUT2D eigenvalue weighted by Crippen LogP contribution is 2.45. The van der Waals surface area contributed by atoms with Crippen molar-refractivity contribution >= 4 is 19.7 Å². The lowest BCUT2D eigenvalue weighted by Gasteiger charge is -2.25. The number of benzene rings is 1. The van der Waals surface area contributed by atoms with Crippen molar-refractivity contribution in [2.75, 3.05) is 12.3 Å². The van der Waals surface area contributed by atoms with Crippen LogP contribution in [0.3, 0.4) is 0 Å². The van der Waals surface area contributed by atoms with Crippen molar-refractivity contribution in [3.8, 4) is 5.75 Å². The van der Waals surface area contributed by atoms with E-state index in [9.17, 15) is 19.3 Å². The first-order chi connectivity index (χ1) is 16.1. The average molecular weight is 497 g/mol. The fourth-order valence-electron chi connectivity index (χ4n) is 3.09. The maximum atomic E-state index is 13.5. The van der Waals surface area contributed by atoms with Gasteiger partial charge in [0.05, 0.1) is 18.8 Å². The smallest absolute Gasteiger partial charge is 0.459 e. The van der Waals surface area contributed by atoms with E-state index < -0.39 is 43.9 Å². The Hall–Kier alpha value is -2.83. The van der Waals surface area contributed by atoms with Crippen LogP contribution in [-0.4, -0.2) is 56.6 Å². The minimum absolute atomic E-state index is 0.0373. The van der Waals surface area contributed by atoms with Gasteiger partial charge in [0.25, 0.3) is 0 Å². The molecule has 1 saturated heterocycles. The minimum atomic E-state index is -4.13. The summed E-state index contributed by atoms with van der Waals surface area (Å²) in [6, 6.07) is 7.22. The van der Waals surface area contributed by atoms with Crippen LogP contribution >= 0.6 is 7.75 Å². The zero-order chi connectivity index (χ0) is 24.9. The van der Waals surface area contributed by atoms with Gasteiger partial charge in [0.15, 0.2) is 0 Å². The SMILES string of the molecule is CC(C)OC(=O)C(C)NP(=O)(OCC1OC(n2cnc(N)nc2=O)CC1O)Oc1ccccc1. The summed E-state index contributed by atoms with van der Waals surface area (Å²) in [5.74, 6) is -0.593. The van der Waals surface area contributed by atoms with E-state index >= 15 is 0 Å². The summed E-state index contributed by atoms with van der Waals surface area (Å²) in [5.41, 5.74) is 4.71. The van der Waals surface area contributed by atoms with Crippen molar-refractivity contribution in [3.05, 3.63) is 47.1 Å². The number of carbonyl (C=O) groups excluding carboxylic acids is 1. The minimum Gasteiger partial charge on any atom is -0.462 e. The van der Waals surface area contributed by atoms with Crippen LogP contribution in [0.15, 0.2) is 41.5 Å². The second-order valence-corrected chi connectivity index (χ2v) is 9.56. The molecule has 0 saturated carbocycles. The Labute approximate surface area is 195 Å². The molecule has 1 aromatic carbocycles. The molecule has 0 bridgehead atoms. The fraction of sp³-hybridized carbons (Fsp3) is 0.500. The van der Waals surface area contributed by atoms with Crippen molar-refractivity contribution in [2.45, 2.75) is 57.8 Å². The van der Waals surface area contributed by atoms with Crippen LogP contribution in [0.1, 0.15) is 33.4 Å². The molecule has 0 spiro atoms. The summed E-state index contributed by atoms with van der Waals surface area (Å²) in [4.78, 5) is 31.5. The molecule has 2 aromatic rings. The van der Waals surface area contributed by atoms with Crippen LogP contribution in [0.25, 0.3) is 0 Å². The van der Waals surface area contributed by atoms with Crippen molar-refractivity contribution < 1.29 is 33.0 Å². The second-order valence-electron chi connectivity index (χ2n) is 7.87. The Morgan fingerprint density at radius 3 is 2.71 bits per heavy atom. The van der Waals surface area contributed by atoms with Crippen molar-refractivity contribution in [2.24, 2.45) is 0 Å². The number of hydrogen-bond acceptors (Lipinski definition) is 11. The summed E-state index contributed by atoms with van der Waals surface area (Å²) in [6.07, 6.45) is -2.05. The van der Waals surface area contributed by atoms with Gasteiger partial charge in [0.1, 0.15) is 30.5 Å². The average Bonchev–Trinajstić information content (AvgIpc) is 3.12. The number of hydrogen-bond donors (Lipinski definition) is 3. The van der Waals surface area contributed by atoms with Gasteiger partial charge < -0.3 is 24.8 Å². The first kappa shape index (κ1) is 25.8. The molecule has 1 fully saturated rings.